The number of hydrogen-bond donors (Lipinski definition) is 0. The highest BCUT2D eigenvalue weighted by Gasteiger charge is 1.93. The van der Waals surface area contributed by atoms with E-state index in [1.165, 1.54) is 22.3 Å². The van der Waals surface area contributed by atoms with Crippen LogP contribution in [0.5, 0.6) is 5.75 Å². The summed E-state index contributed by atoms with van der Waals surface area (Å²) in [6.07, 6.45) is 1.77. The summed E-state index contributed by atoms with van der Waals surface area (Å²) in [7, 11) is 1.68. The van der Waals surface area contributed by atoms with Crippen LogP contribution in [0.2, 0.25) is 0 Å². The molecule has 3 heteroatoms. The van der Waals surface area contributed by atoms with Gasteiger partial charge in [-0.15, -0.1) is 0 Å². The van der Waals surface area contributed by atoms with Crippen LogP contribution in [0.15, 0.2) is 60.1 Å². The number of fused-ring (bicyclic) bond motifs is 1. The normalized spacial score (nSPS) is 9.47. The Labute approximate surface area is 105 Å². The Balaban J connectivity index is 0.000000181. The molecular formula is C14H13NOS. The van der Waals surface area contributed by atoms with Crippen LogP contribution in [-0.2, 0) is 0 Å². The van der Waals surface area contributed by atoms with E-state index in [1.807, 2.05) is 35.7 Å². The van der Waals surface area contributed by atoms with Gasteiger partial charge in [0.1, 0.15) is 5.75 Å². The van der Waals surface area contributed by atoms with Gasteiger partial charge < -0.3 is 4.74 Å². The highest BCUT2D eigenvalue weighted by Crippen LogP contribution is 2.19. The standard InChI is InChI=1S/C11H10O.C3H3NS/c1-12-11-7-6-9-4-2-3-5-10(9)8-11;1-2-4-5-3-1/h2-8H,1H3;1-3H. The van der Waals surface area contributed by atoms with Crippen LogP contribution in [0.4, 0.5) is 0 Å². The summed E-state index contributed by atoms with van der Waals surface area (Å²) in [4.78, 5) is 0. The molecule has 0 spiro atoms. The molecule has 0 fully saturated rings. The van der Waals surface area contributed by atoms with E-state index >= 15 is 0 Å². The Hall–Kier alpha value is -1.87. The molecule has 0 bridgehead atoms. The third-order valence-electron chi connectivity index (χ3n) is 2.30. The highest BCUT2D eigenvalue weighted by atomic mass is 32.1. The number of benzene rings is 2. The lowest BCUT2D eigenvalue weighted by Gasteiger charge is -2.00. The van der Waals surface area contributed by atoms with E-state index < -0.39 is 0 Å². The Kier molecular flexibility index (Phi) is 4.11. The summed E-state index contributed by atoms with van der Waals surface area (Å²) in [6, 6.07) is 16.2. The maximum absolute atomic E-state index is 5.12. The summed E-state index contributed by atoms with van der Waals surface area (Å²) in [5.74, 6) is 0.911. The fourth-order valence-electron chi connectivity index (χ4n) is 1.47. The number of ether oxygens (including phenoxy) is 1. The van der Waals surface area contributed by atoms with E-state index in [-0.39, 0.29) is 0 Å². The molecular weight excluding hydrogens is 230 g/mol. The molecule has 3 rings (SSSR count). The van der Waals surface area contributed by atoms with Crippen molar-refractivity contribution in [1.82, 2.24) is 4.37 Å². The van der Waals surface area contributed by atoms with Crippen molar-refractivity contribution in [3.63, 3.8) is 0 Å². The topological polar surface area (TPSA) is 22.1 Å². The third kappa shape index (κ3) is 3.29. The molecule has 0 saturated carbocycles. The Morgan fingerprint density at radius 1 is 1.00 bits per heavy atom. The van der Waals surface area contributed by atoms with E-state index in [4.69, 9.17) is 4.74 Å². The van der Waals surface area contributed by atoms with E-state index in [0.717, 1.165) is 5.75 Å². The zero-order valence-corrected chi connectivity index (χ0v) is 10.4. The molecule has 17 heavy (non-hydrogen) atoms. The maximum Gasteiger partial charge on any atom is 0.119 e. The van der Waals surface area contributed by atoms with Gasteiger partial charge in [-0.05, 0) is 40.5 Å². The van der Waals surface area contributed by atoms with Gasteiger partial charge in [-0.2, -0.15) is 0 Å². The average Bonchev–Trinajstić information content (AvgIpc) is 2.97. The minimum absolute atomic E-state index is 0.911. The second kappa shape index (κ2) is 6.01. The summed E-state index contributed by atoms with van der Waals surface area (Å²) in [5, 5.41) is 4.40. The first-order valence-electron chi connectivity index (χ1n) is 5.27. The largest absolute Gasteiger partial charge is 0.497 e. The van der Waals surface area contributed by atoms with Crippen LogP contribution < -0.4 is 4.74 Å². The first kappa shape index (κ1) is 11.6. The van der Waals surface area contributed by atoms with Crippen LogP contribution in [0.3, 0.4) is 0 Å². The number of nitrogens with zero attached hydrogens (tertiary/aromatic N) is 1. The molecule has 3 aromatic rings. The highest BCUT2D eigenvalue weighted by molar-refractivity contribution is 7.03. The predicted molar refractivity (Wildman–Crippen MR) is 72.6 cm³/mol. The first-order chi connectivity index (χ1) is 8.40. The van der Waals surface area contributed by atoms with E-state index in [2.05, 4.69) is 22.6 Å². The molecule has 2 nitrogen and oxygen atoms in total. The lowest BCUT2D eigenvalue weighted by atomic mass is 10.1. The fourth-order valence-corrected chi connectivity index (χ4v) is 1.82. The van der Waals surface area contributed by atoms with Crippen LogP contribution in [-0.4, -0.2) is 11.5 Å². The van der Waals surface area contributed by atoms with Crippen molar-refractivity contribution < 1.29 is 4.74 Å². The van der Waals surface area contributed by atoms with Gasteiger partial charge in [0.25, 0.3) is 0 Å². The fraction of sp³-hybridized carbons (Fsp3) is 0.0714. The number of hydrogen-bond acceptors (Lipinski definition) is 3. The summed E-state index contributed by atoms with van der Waals surface area (Å²) >= 11 is 1.46. The zero-order chi connectivity index (χ0) is 11.9. The summed E-state index contributed by atoms with van der Waals surface area (Å²) in [6.45, 7) is 0. The molecule has 0 amide bonds. The van der Waals surface area contributed by atoms with Crippen molar-refractivity contribution in [1.29, 1.82) is 0 Å². The van der Waals surface area contributed by atoms with Crippen molar-refractivity contribution in [2.75, 3.05) is 7.11 Å². The van der Waals surface area contributed by atoms with Crippen LogP contribution >= 0.6 is 11.5 Å². The summed E-state index contributed by atoms with van der Waals surface area (Å²) < 4.78 is 8.89. The van der Waals surface area contributed by atoms with Gasteiger partial charge in [-0.25, -0.2) is 4.37 Å². The van der Waals surface area contributed by atoms with Crippen molar-refractivity contribution in [2.45, 2.75) is 0 Å². The van der Waals surface area contributed by atoms with E-state index in [1.54, 1.807) is 13.3 Å². The Morgan fingerprint density at radius 2 is 1.82 bits per heavy atom. The third-order valence-corrected chi connectivity index (χ3v) is 2.83. The molecule has 2 aromatic carbocycles. The summed E-state index contributed by atoms with van der Waals surface area (Å²) in [5.41, 5.74) is 0. The molecule has 0 saturated heterocycles. The zero-order valence-electron chi connectivity index (χ0n) is 9.54. The average molecular weight is 243 g/mol. The van der Waals surface area contributed by atoms with Crippen molar-refractivity contribution in [2.24, 2.45) is 0 Å². The molecule has 1 heterocycles. The maximum atomic E-state index is 5.12. The molecule has 0 N–H and O–H groups in total. The van der Waals surface area contributed by atoms with Gasteiger partial charge in [0.05, 0.1) is 7.11 Å². The minimum Gasteiger partial charge on any atom is -0.497 e. The monoisotopic (exact) mass is 243 g/mol. The molecule has 0 atom stereocenters. The molecule has 0 aliphatic rings. The molecule has 0 aliphatic heterocycles. The van der Waals surface area contributed by atoms with Gasteiger partial charge in [-0.3, -0.25) is 0 Å². The second-order valence-electron chi connectivity index (χ2n) is 3.40. The van der Waals surface area contributed by atoms with Crippen molar-refractivity contribution >= 4 is 22.3 Å². The van der Waals surface area contributed by atoms with Gasteiger partial charge in [-0.1, -0.05) is 30.3 Å². The van der Waals surface area contributed by atoms with E-state index in [0.29, 0.717) is 0 Å². The molecule has 1 aromatic heterocycles. The molecule has 86 valence electrons. The molecule has 0 unspecified atom stereocenters. The van der Waals surface area contributed by atoms with Crippen molar-refractivity contribution in [3.8, 4) is 5.75 Å². The SMILES string of the molecule is COc1ccc2ccccc2c1.c1cnsc1. The van der Waals surface area contributed by atoms with Crippen LogP contribution in [0.25, 0.3) is 10.8 Å². The first-order valence-corrected chi connectivity index (χ1v) is 6.11. The quantitative estimate of drug-likeness (QED) is 0.644. The lowest BCUT2D eigenvalue weighted by molar-refractivity contribution is 0.415. The second-order valence-corrected chi connectivity index (χ2v) is 4.10. The Bertz CT molecular complexity index is 546. The van der Waals surface area contributed by atoms with Gasteiger partial charge in [0.15, 0.2) is 0 Å². The van der Waals surface area contributed by atoms with Gasteiger partial charge in [0.2, 0.25) is 0 Å². The van der Waals surface area contributed by atoms with Crippen molar-refractivity contribution in [3.05, 3.63) is 60.1 Å². The molecule has 0 radical (unpaired) electrons. The predicted octanol–water partition coefficient (Wildman–Crippen LogP) is 3.99. The van der Waals surface area contributed by atoms with Crippen LogP contribution in [0, 0.1) is 0 Å². The number of methoxy groups -OCH3 is 1. The minimum atomic E-state index is 0.911. The molecule has 0 aliphatic carbocycles. The van der Waals surface area contributed by atoms with Gasteiger partial charge >= 0.3 is 0 Å². The Morgan fingerprint density at radius 3 is 2.41 bits per heavy atom. The van der Waals surface area contributed by atoms with Gasteiger partial charge in [0, 0.05) is 11.6 Å². The van der Waals surface area contributed by atoms with E-state index in [9.17, 15) is 0 Å². The number of rotatable bonds is 1. The lowest BCUT2D eigenvalue weighted by Crippen LogP contribution is -1.81. The van der Waals surface area contributed by atoms with Crippen LogP contribution in [0.1, 0.15) is 0 Å². The smallest absolute Gasteiger partial charge is 0.119 e. The number of aromatic nitrogens is 1.